The van der Waals surface area contributed by atoms with Crippen LogP contribution in [0.4, 0.5) is 37.7 Å². The van der Waals surface area contributed by atoms with Crippen molar-refractivity contribution in [2.24, 2.45) is 0 Å². The number of methoxy groups -OCH3 is 1. The van der Waals surface area contributed by atoms with E-state index in [4.69, 9.17) is 4.74 Å². The number of alkyl halides is 6. The molecule has 1 aromatic carbocycles. The molecule has 2 N–H and O–H groups in total. The number of hydrogen-bond donors (Lipinski definition) is 2. The molecule has 0 amide bonds. The molecular weight excluding hydrogens is 366 g/mol. The van der Waals surface area contributed by atoms with E-state index < -0.39 is 23.7 Å². The number of anilines is 2. The number of ether oxygens (including phenoxy) is 1. The van der Waals surface area contributed by atoms with Crippen LogP contribution in [0.2, 0.25) is 0 Å². The monoisotopic (exact) mass is 376 g/mol. The van der Waals surface area contributed by atoms with Crippen LogP contribution in [0.5, 0.6) is 5.88 Å². The second-order valence-corrected chi connectivity index (χ2v) is 5.20. The lowest BCUT2D eigenvalue weighted by Gasteiger charge is -2.11. The Kier molecular flexibility index (Phi) is 4.17. The van der Waals surface area contributed by atoms with Crippen molar-refractivity contribution in [1.82, 2.24) is 15.0 Å². The van der Waals surface area contributed by atoms with Crippen LogP contribution in [0.1, 0.15) is 11.4 Å². The first-order valence-electron chi connectivity index (χ1n) is 7.04. The lowest BCUT2D eigenvalue weighted by Crippen LogP contribution is -2.06. The summed E-state index contributed by atoms with van der Waals surface area (Å²) in [7, 11) is 1.25. The summed E-state index contributed by atoms with van der Waals surface area (Å²) >= 11 is 0. The van der Waals surface area contributed by atoms with E-state index in [1.54, 1.807) is 0 Å². The largest absolute Gasteiger partial charge is 0.479 e. The van der Waals surface area contributed by atoms with Gasteiger partial charge in [0.15, 0.2) is 5.65 Å². The summed E-state index contributed by atoms with van der Waals surface area (Å²) < 4.78 is 81.0. The number of aromatic amines is 1. The summed E-state index contributed by atoms with van der Waals surface area (Å²) in [5.74, 6) is -1.27. The first-order valence-corrected chi connectivity index (χ1v) is 7.04. The Balaban J connectivity index is 1.96. The molecule has 3 rings (SSSR count). The average Bonchev–Trinajstić information content (AvgIpc) is 2.97. The predicted molar refractivity (Wildman–Crippen MR) is 80.2 cm³/mol. The Morgan fingerprint density at radius 3 is 2.15 bits per heavy atom. The molecule has 0 aliphatic carbocycles. The Morgan fingerprint density at radius 1 is 0.962 bits per heavy atom. The van der Waals surface area contributed by atoms with Gasteiger partial charge in [0.05, 0.1) is 18.2 Å². The van der Waals surface area contributed by atoms with Gasteiger partial charge in [-0.3, -0.25) is 0 Å². The summed E-state index contributed by atoms with van der Waals surface area (Å²) in [6.45, 7) is 0. The molecule has 26 heavy (non-hydrogen) atoms. The highest BCUT2D eigenvalue weighted by Gasteiger charge is 2.35. The van der Waals surface area contributed by atoms with E-state index in [1.165, 1.54) is 25.3 Å². The molecule has 0 radical (unpaired) electrons. The minimum Gasteiger partial charge on any atom is -0.479 e. The summed E-state index contributed by atoms with van der Waals surface area (Å²) in [6, 6.07) is 5.39. The lowest BCUT2D eigenvalue weighted by molar-refractivity contribution is -0.144. The van der Waals surface area contributed by atoms with Crippen molar-refractivity contribution in [3.05, 3.63) is 41.7 Å². The van der Waals surface area contributed by atoms with Crippen LogP contribution in [0.3, 0.4) is 0 Å². The first-order chi connectivity index (χ1) is 12.1. The fourth-order valence-electron chi connectivity index (χ4n) is 2.20. The van der Waals surface area contributed by atoms with E-state index in [2.05, 4.69) is 20.3 Å². The van der Waals surface area contributed by atoms with Gasteiger partial charge in [0.2, 0.25) is 11.7 Å². The number of nitrogens with zero attached hydrogens (tertiary/aromatic N) is 2. The predicted octanol–water partition coefficient (Wildman–Crippen LogP) is 4.75. The first kappa shape index (κ1) is 17.8. The normalized spacial score (nSPS) is 12.4. The number of fused-ring (bicyclic) bond motifs is 1. The van der Waals surface area contributed by atoms with Gasteiger partial charge in [0.25, 0.3) is 0 Å². The summed E-state index contributed by atoms with van der Waals surface area (Å²) in [6.07, 6.45) is -9.14. The van der Waals surface area contributed by atoms with Crippen LogP contribution in [-0.2, 0) is 12.4 Å². The minimum atomic E-state index is -4.67. The molecule has 0 bridgehead atoms. The zero-order chi connectivity index (χ0) is 19.1. The Morgan fingerprint density at radius 2 is 1.62 bits per heavy atom. The van der Waals surface area contributed by atoms with E-state index in [-0.39, 0.29) is 28.4 Å². The molecule has 0 saturated carbocycles. The molecule has 11 heteroatoms. The third-order valence-corrected chi connectivity index (χ3v) is 3.39. The maximum Gasteiger partial charge on any atom is 0.449 e. The third kappa shape index (κ3) is 3.51. The average molecular weight is 376 g/mol. The Bertz CT molecular complexity index is 930. The van der Waals surface area contributed by atoms with E-state index >= 15 is 0 Å². The molecular formula is C15H10F6N4O. The number of pyridine rings is 1. The quantitative estimate of drug-likeness (QED) is 0.648. The van der Waals surface area contributed by atoms with Crippen molar-refractivity contribution in [2.75, 3.05) is 12.4 Å². The number of halogens is 6. The second kappa shape index (κ2) is 6.07. The van der Waals surface area contributed by atoms with Gasteiger partial charge in [-0.2, -0.15) is 31.3 Å². The van der Waals surface area contributed by atoms with Crippen LogP contribution in [0.25, 0.3) is 11.2 Å². The summed E-state index contributed by atoms with van der Waals surface area (Å²) in [5.41, 5.74) is -0.600. The number of imidazole rings is 1. The molecule has 2 heterocycles. The zero-order valence-electron chi connectivity index (χ0n) is 13.0. The SMILES string of the molecule is COc1nc2nc(C(F)(F)F)[nH]c2cc1Nc1ccc(C(F)(F)F)cc1. The van der Waals surface area contributed by atoms with Gasteiger partial charge in [-0.05, 0) is 30.3 Å². The van der Waals surface area contributed by atoms with Gasteiger partial charge < -0.3 is 15.0 Å². The fraction of sp³-hybridized carbons (Fsp3) is 0.200. The number of hydrogen-bond acceptors (Lipinski definition) is 4. The molecule has 0 spiro atoms. The summed E-state index contributed by atoms with van der Waals surface area (Å²) in [5, 5.41) is 2.76. The standard InChI is InChI=1S/C15H10F6N4O/c1-26-12-10(22-8-4-2-7(3-5-8)14(16,17)18)6-9-11(24-12)25-13(23-9)15(19,20)21/h2-6,22H,1H3,(H,23,24,25). The van der Waals surface area contributed by atoms with Crippen LogP contribution < -0.4 is 10.1 Å². The van der Waals surface area contributed by atoms with Gasteiger partial charge in [0, 0.05) is 5.69 Å². The molecule has 0 aliphatic rings. The molecule has 5 nitrogen and oxygen atoms in total. The van der Waals surface area contributed by atoms with Gasteiger partial charge in [-0.25, -0.2) is 4.98 Å². The van der Waals surface area contributed by atoms with E-state index in [1.807, 2.05) is 0 Å². The van der Waals surface area contributed by atoms with Crippen molar-refractivity contribution in [3.63, 3.8) is 0 Å². The number of nitrogens with one attached hydrogen (secondary N) is 2. The van der Waals surface area contributed by atoms with Gasteiger partial charge in [-0.1, -0.05) is 0 Å². The van der Waals surface area contributed by atoms with Crippen LogP contribution >= 0.6 is 0 Å². The van der Waals surface area contributed by atoms with E-state index in [0.29, 0.717) is 0 Å². The van der Waals surface area contributed by atoms with Crippen LogP contribution in [0, 0.1) is 0 Å². The van der Waals surface area contributed by atoms with Gasteiger partial charge in [0.1, 0.15) is 5.69 Å². The van der Waals surface area contributed by atoms with Crippen molar-refractivity contribution < 1.29 is 31.1 Å². The number of H-pyrrole nitrogens is 1. The van der Waals surface area contributed by atoms with Crippen molar-refractivity contribution in [1.29, 1.82) is 0 Å². The minimum absolute atomic E-state index is 0.00691. The maximum absolute atomic E-state index is 12.7. The van der Waals surface area contributed by atoms with Crippen LogP contribution in [0.15, 0.2) is 30.3 Å². The number of rotatable bonds is 3. The molecule has 0 aliphatic heterocycles. The van der Waals surface area contributed by atoms with E-state index in [0.717, 1.165) is 12.1 Å². The molecule has 0 atom stereocenters. The molecule has 138 valence electrons. The molecule has 0 saturated heterocycles. The molecule has 2 aromatic heterocycles. The van der Waals surface area contributed by atoms with Crippen molar-refractivity contribution in [3.8, 4) is 5.88 Å². The zero-order valence-corrected chi connectivity index (χ0v) is 13.0. The topological polar surface area (TPSA) is 62.8 Å². The molecule has 0 fully saturated rings. The van der Waals surface area contributed by atoms with Crippen molar-refractivity contribution >= 4 is 22.5 Å². The van der Waals surface area contributed by atoms with E-state index in [9.17, 15) is 26.3 Å². The smallest absolute Gasteiger partial charge is 0.449 e. The number of benzene rings is 1. The third-order valence-electron chi connectivity index (χ3n) is 3.39. The highest BCUT2D eigenvalue weighted by molar-refractivity contribution is 5.80. The van der Waals surface area contributed by atoms with Gasteiger partial charge >= 0.3 is 12.4 Å². The Hall–Kier alpha value is -2.98. The van der Waals surface area contributed by atoms with Crippen LogP contribution in [-0.4, -0.2) is 22.1 Å². The lowest BCUT2D eigenvalue weighted by atomic mass is 10.2. The fourth-order valence-corrected chi connectivity index (χ4v) is 2.20. The highest BCUT2D eigenvalue weighted by Crippen LogP contribution is 2.34. The Labute approximate surface area is 142 Å². The molecule has 3 aromatic rings. The second-order valence-electron chi connectivity index (χ2n) is 5.20. The van der Waals surface area contributed by atoms with Crippen molar-refractivity contribution in [2.45, 2.75) is 12.4 Å². The summed E-state index contributed by atoms with van der Waals surface area (Å²) in [4.78, 5) is 9.33. The van der Waals surface area contributed by atoms with Gasteiger partial charge in [-0.15, -0.1) is 0 Å². The highest BCUT2D eigenvalue weighted by atomic mass is 19.4. The maximum atomic E-state index is 12.7. The molecule has 0 unspecified atom stereocenters. The number of aromatic nitrogens is 3.